The number of hydrogen-bond acceptors (Lipinski definition) is 3. The largest absolute Gasteiger partial charge is 0.454 e. The van der Waals surface area contributed by atoms with Crippen molar-refractivity contribution in [2.45, 2.75) is 39.2 Å². The molecule has 7 heteroatoms. The van der Waals surface area contributed by atoms with Crippen LogP contribution in [0, 0.1) is 5.82 Å². The summed E-state index contributed by atoms with van der Waals surface area (Å²) in [5.74, 6) is -0.445. The number of nitrogens with one attached hydrogen (secondary N) is 3. The van der Waals surface area contributed by atoms with Gasteiger partial charge in [0.05, 0.1) is 11.1 Å². The summed E-state index contributed by atoms with van der Waals surface area (Å²) in [6, 6.07) is 17.1. The number of rotatable bonds is 7. The molecule has 0 fully saturated rings. The van der Waals surface area contributed by atoms with Crippen molar-refractivity contribution in [2.24, 2.45) is 0 Å². The maximum atomic E-state index is 13.6. The quantitative estimate of drug-likeness (QED) is 0.219. The highest BCUT2D eigenvalue weighted by Crippen LogP contribution is 2.41. The molecular formula is C31H30FN3O3. The van der Waals surface area contributed by atoms with E-state index in [1.165, 1.54) is 12.1 Å². The van der Waals surface area contributed by atoms with Crippen molar-refractivity contribution in [1.82, 2.24) is 15.6 Å². The van der Waals surface area contributed by atoms with Crippen LogP contribution in [0.2, 0.25) is 0 Å². The number of amides is 2. The smallest absolute Gasteiger partial charge is 0.255 e. The lowest BCUT2D eigenvalue weighted by Gasteiger charge is -2.28. The molecule has 3 N–H and O–H groups in total. The molecule has 0 bridgehead atoms. The summed E-state index contributed by atoms with van der Waals surface area (Å²) in [5.41, 5.74) is 4.28. The first-order chi connectivity index (χ1) is 18.3. The van der Waals surface area contributed by atoms with Crippen LogP contribution in [0.5, 0.6) is 0 Å². The van der Waals surface area contributed by atoms with Crippen LogP contribution in [0.25, 0.3) is 44.3 Å². The number of aromatic nitrogens is 1. The molecule has 2 amide bonds. The van der Waals surface area contributed by atoms with Gasteiger partial charge < -0.3 is 20.0 Å². The third-order valence-corrected chi connectivity index (χ3v) is 7.47. The maximum Gasteiger partial charge on any atom is 0.255 e. The Kier molecular flexibility index (Phi) is 6.53. The third kappa shape index (κ3) is 4.34. The Balaban J connectivity index is 1.70. The van der Waals surface area contributed by atoms with Gasteiger partial charge in [0.1, 0.15) is 17.2 Å². The zero-order valence-corrected chi connectivity index (χ0v) is 21.9. The second-order valence-electron chi connectivity index (χ2n) is 9.76. The molecule has 5 aromatic rings. The summed E-state index contributed by atoms with van der Waals surface area (Å²) in [7, 11) is 1.56. The highest BCUT2D eigenvalue weighted by atomic mass is 19.1. The number of aromatic amines is 1. The molecule has 2 heterocycles. The molecule has 0 aliphatic heterocycles. The molecule has 194 valence electrons. The van der Waals surface area contributed by atoms with Crippen LogP contribution in [-0.2, 0) is 0 Å². The Bertz CT molecular complexity index is 1660. The van der Waals surface area contributed by atoms with Gasteiger partial charge in [0.25, 0.3) is 11.8 Å². The highest BCUT2D eigenvalue weighted by Gasteiger charge is 2.26. The zero-order valence-electron chi connectivity index (χ0n) is 21.9. The fourth-order valence-electron chi connectivity index (χ4n) is 4.76. The number of halogens is 1. The summed E-state index contributed by atoms with van der Waals surface area (Å²) in [6.45, 7) is 6.17. The fourth-order valence-corrected chi connectivity index (χ4v) is 4.76. The van der Waals surface area contributed by atoms with Gasteiger partial charge in [-0.15, -0.1) is 0 Å². The van der Waals surface area contributed by atoms with Gasteiger partial charge >= 0.3 is 0 Å². The van der Waals surface area contributed by atoms with Gasteiger partial charge in [-0.3, -0.25) is 9.59 Å². The molecule has 38 heavy (non-hydrogen) atoms. The Morgan fingerprint density at radius 2 is 1.68 bits per heavy atom. The molecule has 0 aliphatic carbocycles. The number of H-pyrrole nitrogens is 1. The predicted octanol–water partition coefficient (Wildman–Crippen LogP) is 7.06. The molecule has 0 unspecified atom stereocenters. The van der Waals surface area contributed by atoms with E-state index in [2.05, 4.69) is 29.5 Å². The van der Waals surface area contributed by atoms with E-state index in [0.717, 1.165) is 34.9 Å². The second-order valence-corrected chi connectivity index (χ2v) is 9.76. The Labute approximate surface area is 220 Å². The van der Waals surface area contributed by atoms with Gasteiger partial charge in [0, 0.05) is 46.2 Å². The minimum absolute atomic E-state index is 0.130. The van der Waals surface area contributed by atoms with Crippen molar-refractivity contribution >= 4 is 33.7 Å². The lowest BCUT2D eigenvalue weighted by molar-refractivity contribution is 0.0900. The lowest BCUT2D eigenvalue weighted by atomic mass is 9.94. The van der Waals surface area contributed by atoms with Gasteiger partial charge in [-0.1, -0.05) is 26.0 Å². The normalized spacial score (nSPS) is 11.7. The highest BCUT2D eigenvalue weighted by molar-refractivity contribution is 6.19. The van der Waals surface area contributed by atoms with Crippen molar-refractivity contribution < 1.29 is 18.4 Å². The van der Waals surface area contributed by atoms with Crippen LogP contribution in [0.15, 0.2) is 71.3 Å². The van der Waals surface area contributed by atoms with E-state index in [-0.39, 0.29) is 23.2 Å². The molecule has 0 saturated heterocycles. The molecule has 0 atom stereocenters. The molecule has 0 radical (unpaired) electrons. The van der Waals surface area contributed by atoms with E-state index in [1.807, 2.05) is 43.5 Å². The molecule has 2 aromatic heterocycles. The third-order valence-electron chi connectivity index (χ3n) is 7.47. The minimum Gasteiger partial charge on any atom is -0.454 e. The number of carbonyl (C=O) groups is 2. The van der Waals surface area contributed by atoms with Crippen molar-refractivity contribution in [3.63, 3.8) is 0 Å². The van der Waals surface area contributed by atoms with Crippen LogP contribution in [0.3, 0.4) is 0 Å². The summed E-state index contributed by atoms with van der Waals surface area (Å²) in [6.07, 6.45) is 3.47. The molecule has 6 nitrogen and oxygen atoms in total. The van der Waals surface area contributed by atoms with E-state index in [4.69, 9.17) is 4.42 Å². The first-order valence-electron chi connectivity index (χ1n) is 12.8. The maximum absolute atomic E-state index is 13.6. The zero-order chi connectivity index (χ0) is 27.0. The van der Waals surface area contributed by atoms with E-state index in [0.29, 0.717) is 33.4 Å². The van der Waals surface area contributed by atoms with Crippen LogP contribution in [0.4, 0.5) is 4.39 Å². The SMILES string of the molecule is CCC(C)(CC)NC(=O)c1cccc(-c2cc3c(C(=O)NC)c(-c4ccc(F)cc4)oc3c3cc[nH]c23)c1. The lowest BCUT2D eigenvalue weighted by Crippen LogP contribution is -2.44. The summed E-state index contributed by atoms with van der Waals surface area (Å²) >= 11 is 0. The van der Waals surface area contributed by atoms with Crippen molar-refractivity contribution in [3.05, 3.63) is 83.8 Å². The Morgan fingerprint density at radius 3 is 2.37 bits per heavy atom. The molecule has 0 aliphatic rings. The number of benzene rings is 3. The Morgan fingerprint density at radius 1 is 0.947 bits per heavy atom. The van der Waals surface area contributed by atoms with Gasteiger partial charge in [0.2, 0.25) is 0 Å². The van der Waals surface area contributed by atoms with Gasteiger partial charge in [-0.2, -0.15) is 0 Å². The van der Waals surface area contributed by atoms with Gasteiger partial charge in [0.15, 0.2) is 0 Å². The number of fused-ring (bicyclic) bond motifs is 3. The fraction of sp³-hybridized carbons (Fsp3) is 0.226. The standard InChI is InChI=1S/C31H30FN3O3/c1-5-31(3,6-2)35-29(36)20-9-7-8-19(16-20)23-17-24-25(30(37)33-4)27(18-10-12-21(32)13-11-18)38-28(24)22-14-15-34-26(22)23/h7-17,34H,5-6H2,1-4H3,(H,33,37)(H,35,36). The van der Waals surface area contributed by atoms with Gasteiger partial charge in [-0.25, -0.2) is 4.39 Å². The van der Waals surface area contributed by atoms with Crippen molar-refractivity contribution in [3.8, 4) is 22.5 Å². The summed E-state index contributed by atoms with van der Waals surface area (Å²) in [4.78, 5) is 29.5. The first-order valence-corrected chi connectivity index (χ1v) is 12.8. The van der Waals surface area contributed by atoms with Crippen LogP contribution >= 0.6 is 0 Å². The Hall–Kier alpha value is -4.39. The second kappa shape index (κ2) is 9.82. The van der Waals surface area contributed by atoms with E-state index < -0.39 is 0 Å². The van der Waals surface area contributed by atoms with E-state index in [1.54, 1.807) is 25.2 Å². The van der Waals surface area contributed by atoms with Crippen molar-refractivity contribution in [2.75, 3.05) is 7.05 Å². The van der Waals surface area contributed by atoms with Crippen LogP contribution in [0.1, 0.15) is 54.3 Å². The minimum atomic E-state index is -0.372. The number of carbonyl (C=O) groups excluding carboxylic acids is 2. The van der Waals surface area contributed by atoms with Crippen LogP contribution in [-0.4, -0.2) is 29.4 Å². The topological polar surface area (TPSA) is 87.1 Å². The summed E-state index contributed by atoms with van der Waals surface area (Å²) in [5, 5.41) is 7.30. The van der Waals surface area contributed by atoms with Crippen molar-refractivity contribution in [1.29, 1.82) is 0 Å². The number of furan rings is 1. The molecular weight excluding hydrogens is 481 g/mol. The van der Waals surface area contributed by atoms with E-state index >= 15 is 0 Å². The predicted molar refractivity (Wildman–Crippen MR) is 149 cm³/mol. The molecule has 0 saturated carbocycles. The average Bonchev–Trinajstić information content (AvgIpc) is 3.58. The molecule has 5 rings (SSSR count). The summed E-state index contributed by atoms with van der Waals surface area (Å²) < 4.78 is 19.9. The monoisotopic (exact) mass is 511 g/mol. The molecule has 0 spiro atoms. The van der Waals surface area contributed by atoms with Gasteiger partial charge in [-0.05, 0) is 73.9 Å². The molecule has 3 aromatic carbocycles. The number of hydrogen-bond donors (Lipinski definition) is 3. The average molecular weight is 512 g/mol. The van der Waals surface area contributed by atoms with E-state index in [9.17, 15) is 14.0 Å². The van der Waals surface area contributed by atoms with Crippen LogP contribution < -0.4 is 10.6 Å². The first kappa shape index (κ1) is 25.3.